The first-order valence-corrected chi connectivity index (χ1v) is 7.98. The first kappa shape index (κ1) is 13.1. The van der Waals surface area contributed by atoms with E-state index in [9.17, 15) is 5.21 Å². The molecule has 2 aliphatic carbocycles. The summed E-state index contributed by atoms with van der Waals surface area (Å²) in [7, 11) is 0. The minimum Gasteiger partial charge on any atom is -0.411 e. The molecule has 5 nitrogen and oxygen atoms in total. The van der Waals surface area contributed by atoms with Crippen molar-refractivity contribution in [1.29, 1.82) is 0 Å². The van der Waals surface area contributed by atoms with Crippen LogP contribution in [0.1, 0.15) is 19.3 Å². The Morgan fingerprint density at radius 3 is 2.71 bits per heavy atom. The number of oxime groups is 1. The summed E-state index contributed by atoms with van der Waals surface area (Å²) < 4.78 is 0. The highest BCUT2D eigenvalue weighted by Gasteiger charge is 2.48. The Kier molecular flexibility index (Phi) is 3.30. The minimum atomic E-state index is 0.389. The van der Waals surface area contributed by atoms with E-state index < -0.39 is 0 Å². The van der Waals surface area contributed by atoms with Gasteiger partial charge in [-0.3, -0.25) is 4.90 Å². The molecule has 1 aromatic heterocycles. The zero-order chi connectivity index (χ0) is 14.2. The Morgan fingerprint density at radius 2 is 2.00 bits per heavy atom. The van der Waals surface area contributed by atoms with Crippen molar-refractivity contribution in [2.45, 2.75) is 25.3 Å². The Hall–Kier alpha value is -1.62. The van der Waals surface area contributed by atoms with Gasteiger partial charge in [-0.15, -0.1) is 0 Å². The maximum atomic E-state index is 9.36. The van der Waals surface area contributed by atoms with Crippen LogP contribution in [0.2, 0.25) is 0 Å². The molecule has 0 spiro atoms. The van der Waals surface area contributed by atoms with Gasteiger partial charge in [-0.1, -0.05) is 11.2 Å². The average molecular weight is 286 g/mol. The van der Waals surface area contributed by atoms with Crippen LogP contribution in [-0.2, 0) is 0 Å². The van der Waals surface area contributed by atoms with Crippen LogP contribution in [0.3, 0.4) is 0 Å². The van der Waals surface area contributed by atoms with Crippen molar-refractivity contribution in [3.63, 3.8) is 0 Å². The summed E-state index contributed by atoms with van der Waals surface area (Å²) in [4.78, 5) is 9.31. The molecular formula is C16H22N4O. The van der Waals surface area contributed by atoms with E-state index in [2.05, 4.69) is 26.0 Å². The molecule has 0 radical (unpaired) electrons. The van der Waals surface area contributed by atoms with Crippen molar-refractivity contribution in [2.24, 2.45) is 17.0 Å². The number of rotatable bonds is 2. The standard InChI is InChI=1S/C16H22N4O/c21-18-15-12-4-5-13(11-12)16(15)20-9-7-19(8-10-20)14-3-1-2-6-17-14/h1-3,6,12-13,16,21H,4-5,7-11H2/b18-15-/t12-,13-,16+/m0/s1. The monoisotopic (exact) mass is 286 g/mol. The number of piperazine rings is 1. The number of pyridine rings is 1. The van der Waals surface area contributed by atoms with Crippen molar-refractivity contribution in [2.75, 3.05) is 31.1 Å². The second-order valence-corrected chi connectivity index (χ2v) is 6.45. The van der Waals surface area contributed by atoms with Gasteiger partial charge in [0, 0.05) is 38.3 Å². The maximum Gasteiger partial charge on any atom is 0.128 e. The molecule has 3 aliphatic rings. The van der Waals surface area contributed by atoms with E-state index in [-0.39, 0.29) is 0 Å². The lowest BCUT2D eigenvalue weighted by molar-refractivity contribution is 0.181. The summed E-state index contributed by atoms with van der Waals surface area (Å²) in [5.41, 5.74) is 1.05. The topological polar surface area (TPSA) is 52.0 Å². The quantitative estimate of drug-likeness (QED) is 0.666. The molecule has 112 valence electrons. The Labute approximate surface area is 125 Å². The van der Waals surface area contributed by atoms with Crippen LogP contribution in [-0.4, -0.2) is 53.0 Å². The molecule has 1 aliphatic heterocycles. The number of fused-ring (bicyclic) bond motifs is 2. The molecule has 3 atom stereocenters. The molecule has 0 unspecified atom stereocenters. The largest absolute Gasteiger partial charge is 0.411 e. The third-order valence-corrected chi connectivity index (χ3v) is 5.44. The summed E-state index contributed by atoms with van der Waals surface area (Å²) >= 11 is 0. The first-order chi connectivity index (χ1) is 10.4. The van der Waals surface area contributed by atoms with Crippen LogP contribution < -0.4 is 4.90 Å². The summed E-state index contributed by atoms with van der Waals surface area (Å²) in [6.07, 6.45) is 5.60. The molecule has 21 heavy (non-hydrogen) atoms. The smallest absolute Gasteiger partial charge is 0.128 e. The average Bonchev–Trinajstić information content (AvgIpc) is 3.16. The minimum absolute atomic E-state index is 0.389. The second-order valence-electron chi connectivity index (χ2n) is 6.45. The summed E-state index contributed by atoms with van der Waals surface area (Å²) in [5, 5.41) is 13.0. The molecule has 1 N–H and O–H groups in total. The predicted octanol–water partition coefficient (Wildman–Crippen LogP) is 1.83. The molecule has 5 heteroatoms. The Balaban J connectivity index is 1.44. The Morgan fingerprint density at radius 1 is 1.14 bits per heavy atom. The van der Waals surface area contributed by atoms with Crippen LogP contribution in [0, 0.1) is 11.8 Å². The molecule has 3 fully saturated rings. The highest BCUT2D eigenvalue weighted by molar-refractivity contribution is 5.94. The van der Waals surface area contributed by atoms with E-state index in [4.69, 9.17) is 0 Å². The lowest BCUT2D eigenvalue weighted by Crippen LogP contribution is -2.54. The van der Waals surface area contributed by atoms with E-state index in [1.54, 1.807) is 0 Å². The number of aromatic nitrogens is 1. The van der Waals surface area contributed by atoms with Crippen LogP contribution >= 0.6 is 0 Å². The van der Waals surface area contributed by atoms with Crippen molar-refractivity contribution < 1.29 is 5.21 Å². The van der Waals surface area contributed by atoms with E-state index in [0.29, 0.717) is 17.9 Å². The molecule has 1 aromatic rings. The fourth-order valence-corrected chi connectivity index (χ4v) is 4.45. The van der Waals surface area contributed by atoms with Crippen molar-refractivity contribution in [3.8, 4) is 0 Å². The van der Waals surface area contributed by atoms with Crippen molar-refractivity contribution in [1.82, 2.24) is 9.88 Å². The fraction of sp³-hybridized carbons (Fsp3) is 0.625. The molecule has 0 amide bonds. The Bertz CT molecular complexity index is 524. The molecule has 0 aromatic carbocycles. The summed E-state index contributed by atoms with van der Waals surface area (Å²) in [6.45, 7) is 4.07. The van der Waals surface area contributed by atoms with Gasteiger partial charge < -0.3 is 10.1 Å². The van der Waals surface area contributed by atoms with Gasteiger partial charge in [0.05, 0.1) is 11.8 Å². The molecule has 1 saturated heterocycles. The lowest BCUT2D eigenvalue weighted by Gasteiger charge is -2.41. The first-order valence-electron chi connectivity index (χ1n) is 7.98. The van der Waals surface area contributed by atoms with E-state index in [1.165, 1.54) is 19.3 Å². The van der Waals surface area contributed by atoms with Crippen LogP contribution in [0.15, 0.2) is 29.6 Å². The van der Waals surface area contributed by atoms with Gasteiger partial charge in [0.1, 0.15) is 5.82 Å². The van der Waals surface area contributed by atoms with Crippen LogP contribution in [0.4, 0.5) is 5.82 Å². The van der Waals surface area contributed by atoms with Gasteiger partial charge in [0.25, 0.3) is 0 Å². The highest BCUT2D eigenvalue weighted by Crippen LogP contribution is 2.45. The summed E-state index contributed by atoms with van der Waals surface area (Å²) in [5.74, 6) is 2.32. The molecule has 2 heterocycles. The highest BCUT2D eigenvalue weighted by atomic mass is 16.4. The second kappa shape index (κ2) is 5.30. The zero-order valence-corrected chi connectivity index (χ0v) is 12.2. The summed E-state index contributed by atoms with van der Waals surface area (Å²) in [6, 6.07) is 6.47. The van der Waals surface area contributed by atoms with Gasteiger partial charge in [-0.25, -0.2) is 4.98 Å². The lowest BCUT2D eigenvalue weighted by atomic mass is 9.91. The van der Waals surface area contributed by atoms with E-state index in [0.717, 1.165) is 37.7 Å². The third kappa shape index (κ3) is 2.20. The number of hydrogen-bond acceptors (Lipinski definition) is 5. The van der Waals surface area contributed by atoms with Gasteiger partial charge >= 0.3 is 0 Å². The SMILES string of the molecule is O/N=C1/[C@H]2CC[C@@H](C2)[C@H]1N1CCN(c2ccccn2)CC1. The van der Waals surface area contributed by atoms with Gasteiger partial charge in [-0.2, -0.15) is 0 Å². The normalized spacial score (nSPS) is 34.8. The molecular weight excluding hydrogens is 264 g/mol. The van der Waals surface area contributed by atoms with Crippen LogP contribution in [0.5, 0.6) is 0 Å². The fourth-order valence-electron chi connectivity index (χ4n) is 4.45. The molecule has 2 bridgehead atoms. The van der Waals surface area contributed by atoms with Gasteiger partial charge in [0.15, 0.2) is 0 Å². The number of nitrogens with zero attached hydrogens (tertiary/aromatic N) is 4. The predicted molar refractivity (Wildman–Crippen MR) is 81.9 cm³/mol. The van der Waals surface area contributed by atoms with Gasteiger partial charge in [0.2, 0.25) is 0 Å². The van der Waals surface area contributed by atoms with Gasteiger partial charge in [-0.05, 0) is 37.3 Å². The maximum absolute atomic E-state index is 9.36. The van der Waals surface area contributed by atoms with E-state index in [1.807, 2.05) is 18.3 Å². The number of anilines is 1. The molecule has 2 saturated carbocycles. The van der Waals surface area contributed by atoms with Crippen LogP contribution in [0.25, 0.3) is 0 Å². The molecule has 4 rings (SSSR count). The number of hydrogen-bond donors (Lipinski definition) is 1. The van der Waals surface area contributed by atoms with Crippen molar-refractivity contribution >= 4 is 11.5 Å². The van der Waals surface area contributed by atoms with E-state index >= 15 is 0 Å². The third-order valence-electron chi connectivity index (χ3n) is 5.44. The van der Waals surface area contributed by atoms with Crippen molar-refractivity contribution in [3.05, 3.63) is 24.4 Å². The zero-order valence-electron chi connectivity index (χ0n) is 12.2.